The first-order valence-electron chi connectivity index (χ1n) is 5.06. The molecule has 0 aliphatic carbocycles. The van der Waals surface area contributed by atoms with E-state index in [1.54, 1.807) is 42.6 Å². The van der Waals surface area contributed by atoms with Crippen molar-refractivity contribution in [2.75, 3.05) is 0 Å². The molecule has 0 amide bonds. The molecule has 2 aromatic rings. The van der Waals surface area contributed by atoms with Crippen LogP contribution in [0.5, 0.6) is 11.5 Å². The van der Waals surface area contributed by atoms with Crippen molar-refractivity contribution in [3.63, 3.8) is 0 Å². The molecule has 0 saturated heterocycles. The summed E-state index contributed by atoms with van der Waals surface area (Å²) in [6.07, 6.45) is 1.56. The molecule has 0 bridgehead atoms. The van der Waals surface area contributed by atoms with E-state index in [-0.39, 0.29) is 12.4 Å². The Hall–Kier alpha value is -2.54. The maximum absolute atomic E-state index is 9.51. The van der Waals surface area contributed by atoms with Gasteiger partial charge in [-0.05, 0) is 18.2 Å². The Kier molecular flexibility index (Phi) is 3.22. The third-order valence-electron chi connectivity index (χ3n) is 2.25. The van der Waals surface area contributed by atoms with Crippen molar-refractivity contribution < 1.29 is 9.84 Å². The molecule has 84 valence electrons. The molecule has 0 spiro atoms. The Bertz CT molecular complexity index is 561. The van der Waals surface area contributed by atoms with Crippen LogP contribution in [0.25, 0.3) is 0 Å². The molecule has 1 aromatic carbocycles. The number of hydrogen-bond acceptors (Lipinski definition) is 4. The van der Waals surface area contributed by atoms with Gasteiger partial charge in [0.2, 0.25) is 0 Å². The lowest BCUT2D eigenvalue weighted by Gasteiger charge is -2.08. The zero-order chi connectivity index (χ0) is 12.1. The van der Waals surface area contributed by atoms with E-state index >= 15 is 0 Å². The first kappa shape index (κ1) is 11.0. The molecule has 0 aliphatic rings. The highest BCUT2D eigenvalue weighted by atomic mass is 16.5. The van der Waals surface area contributed by atoms with Crippen molar-refractivity contribution in [1.82, 2.24) is 4.98 Å². The minimum atomic E-state index is 0.0786. The first-order chi connectivity index (χ1) is 8.31. The van der Waals surface area contributed by atoms with Crippen LogP contribution in [-0.2, 0) is 6.61 Å². The van der Waals surface area contributed by atoms with Gasteiger partial charge in [0.05, 0.1) is 0 Å². The minimum absolute atomic E-state index is 0.0786. The Morgan fingerprint density at radius 1 is 1.24 bits per heavy atom. The van der Waals surface area contributed by atoms with E-state index in [4.69, 9.17) is 10.00 Å². The van der Waals surface area contributed by atoms with Gasteiger partial charge in [-0.2, -0.15) is 5.26 Å². The molecule has 0 fully saturated rings. The van der Waals surface area contributed by atoms with E-state index < -0.39 is 0 Å². The average Bonchev–Trinajstić information content (AvgIpc) is 2.38. The van der Waals surface area contributed by atoms with Crippen molar-refractivity contribution in [3.05, 3.63) is 53.9 Å². The summed E-state index contributed by atoms with van der Waals surface area (Å²) in [5.74, 6) is 0.468. The number of nitriles is 1. The number of aromatic hydroxyl groups is 1. The lowest BCUT2D eigenvalue weighted by atomic mass is 10.2. The number of benzene rings is 1. The lowest BCUT2D eigenvalue weighted by molar-refractivity contribution is 0.288. The third kappa shape index (κ3) is 2.52. The van der Waals surface area contributed by atoms with Crippen LogP contribution in [-0.4, -0.2) is 10.1 Å². The van der Waals surface area contributed by atoms with Gasteiger partial charge < -0.3 is 9.84 Å². The smallest absolute Gasteiger partial charge is 0.161 e. The molecular formula is C13H10N2O2. The number of pyridine rings is 1. The van der Waals surface area contributed by atoms with Crippen LogP contribution in [0.2, 0.25) is 0 Å². The fourth-order valence-corrected chi connectivity index (χ4v) is 1.39. The van der Waals surface area contributed by atoms with E-state index in [0.717, 1.165) is 0 Å². The summed E-state index contributed by atoms with van der Waals surface area (Å²) in [6, 6.07) is 12.2. The number of aromatic nitrogens is 1. The molecule has 0 radical (unpaired) electrons. The number of ether oxygens (including phenoxy) is 1. The molecule has 17 heavy (non-hydrogen) atoms. The highest BCUT2D eigenvalue weighted by molar-refractivity contribution is 5.38. The largest absolute Gasteiger partial charge is 0.504 e. The van der Waals surface area contributed by atoms with Crippen LogP contribution >= 0.6 is 0 Å². The number of hydrogen-bond donors (Lipinski definition) is 1. The Morgan fingerprint density at radius 2 is 2.06 bits per heavy atom. The fraction of sp³-hybridized carbons (Fsp3) is 0.0769. The van der Waals surface area contributed by atoms with Crippen LogP contribution in [0.4, 0.5) is 0 Å². The lowest BCUT2D eigenvalue weighted by Crippen LogP contribution is -1.99. The van der Waals surface area contributed by atoms with Gasteiger partial charge in [0.25, 0.3) is 0 Å². The topological polar surface area (TPSA) is 66.1 Å². The number of phenols is 1. The van der Waals surface area contributed by atoms with Gasteiger partial charge >= 0.3 is 0 Å². The highest BCUT2D eigenvalue weighted by Crippen LogP contribution is 2.25. The summed E-state index contributed by atoms with van der Waals surface area (Å²) in [5.41, 5.74) is 1.03. The molecule has 4 heteroatoms. The number of phenolic OH excluding ortho intramolecular Hbond substituents is 1. The Labute approximate surface area is 98.7 Å². The summed E-state index contributed by atoms with van der Waals surface area (Å²) in [4.78, 5) is 3.93. The third-order valence-corrected chi connectivity index (χ3v) is 2.25. The first-order valence-corrected chi connectivity index (χ1v) is 5.06. The average molecular weight is 226 g/mol. The van der Waals surface area contributed by atoms with Crippen LogP contribution in [0.15, 0.2) is 42.6 Å². The van der Waals surface area contributed by atoms with Gasteiger partial charge in [-0.1, -0.05) is 18.2 Å². The summed E-state index contributed by atoms with van der Waals surface area (Å²) < 4.78 is 5.42. The second-order valence-corrected chi connectivity index (χ2v) is 3.38. The number of nitrogens with zero attached hydrogens (tertiary/aromatic N) is 2. The zero-order valence-corrected chi connectivity index (χ0v) is 9.00. The van der Waals surface area contributed by atoms with Crippen LogP contribution in [0.3, 0.4) is 0 Å². The van der Waals surface area contributed by atoms with Crippen molar-refractivity contribution in [3.8, 4) is 17.6 Å². The highest BCUT2D eigenvalue weighted by Gasteiger charge is 2.05. The molecule has 0 atom stereocenters. The number of para-hydroxylation sites is 2. The summed E-state index contributed by atoms with van der Waals surface area (Å²) in [6.45, 7) is 0.203. The van der Waals surface area contributed by atoms with E-state index in [0.29, 0.717) is 17.0 Å². The molecule has 1 heterocycles. The second kappa shape index (κ2) is 4.99. The van der Waals surface area contributed by atoms with Gasteiger partial charge in [0.15, 0.2) is 11.5 Å². The number of rotatable bonds is 3. The van der Waals surface area contributed by atoms with E-state index in [9.17, 15) is 5.11 Å². The van der Waals surface area contributed by atoms with Gasteiger partial charge in [0.1, 0.15) is 18.4 Å². The summed E-state index contributed by atoms with van der Waals surface area (Å²) in [7, 11) is 0. The fourth-order valence-electron chi connectivity index (χ4n) is 1.39. The van der Waals surface area contributed by atoms with Crippen molar-refractivity contribution in [1.29, 1.82) is 5.26 Å². The van der Waals surface area contributed by atoms with E-state index in [2.05, 4.69) is 4.98 Å². The maximum Gasteiger partial charge on any atom is 0.161 e. The molecule has 0 saturated carbocycles. The van der Waals surface area contributed by atoms with Gasteiger partial charge in [0, 0.05) is 11.8 Å². The normalized spacial score (nSPS) is 9.59. The Balaban J connectivity index is 2.13. The maximum atomic E-state index is 9.51. The second-order valence-electron chi connectivity index (χ2n) is 3.38. The SMILES string of the molecule is N#Cc1ncccc1COc1ccccc1O. The zero-order valence-electron chi connectivity index (χ0n) is 9.00. The molecule has 1 aromatic heterocycles. The van der Waals surface area contributed by atoms with E-state index in [1.807, 2.05) is 6.07 Å². The monoisotopic (exact) mass is 226 g/mol. The predicted molar refractivity (Wildman–Crippen MR) is 61.4 cm³/mol. The quantitative estimate of drug-likeness (QED) is 0.871. The molecule has 4 nitrogen and oxygen atoms in total. The molecule has 0 unspecified atom stereocenters. The van der Waals surface area contributed by atoms with E-state index in [1.165, 1.54) is 0 Å². The standard InChI is InChI=1S/C13H10N2O2/c14-8-11-10(4-3-7-15-11)9-17-13-6-2-1-5-12(13)16/h1-7,16H,9H2. The van der Waals surface area contributed by atoms with Gasteiger partial charge in [-0.25, -0.2) is 4.98 Å². The predicted octanol–water partition coefficient (Wildman–Crippen LogP) is 2.24. The van der Waals surface area contributed by atoms with Crippen molar-refractivity contribution in [2.24, 2.45) is 0 Å². The van der Waals surface area contributed by atoms with Crippen LogP contribution in [0, 0.1) is 11.3 Å². The molecular weight excluding hydrogens is 216 g/mol. The minimum Gasteiger partial charge on any atom is -0.504 e. The molecule has 1 N–H and O–H groups in total. The molecule has 0 aliphatic heterocycles. The Morgan fingerprint density at radius 3 is 2.82 bits per heavy atom. The van der Waals surface area contributed by atoms with Crippen LogP contribution in [0.1, 0.15) is 11.3 Å². The van der Waals surface area contributed by atoms with Crippen molar-refractivity contribution in [2.45, 2.75) is 6.61 Å². The summed E-state index contributed by atoms with van der Waals surface area (Å²) in [5, 5.41) is 18.4. The van der Waals surface area contributed by atoms with Gasteiger partial charge in [-0.3, -0.25) is 0 Å². The summed E-state index contributed by atoms with van der Waals surface area (Å²) >= 11 is 0. The van der Waals surface area contributed by atoms with Crippen molar-refractivity contribution >= 4 is 0 Å². The van der Waals surface area contributed by atoms with Gasteiger partial charge in [-0.15, -0.1) is 0 Å². The molecule has 2 rings (SSSR count). The van der Waals surface area contributed by atoms with Crippen LogP contribution < -0.4 is 4.74 Å².